The summed E-state index contributed by atoms with van der Waals surface area (Å²) in [5.74, 6) is 6.09. The van der Waals surface area contributed by atoms with Crippen molar-refractivity contribution in [1.29, 1.82) is 0 Å². The van der Waals surface area contributed by atoms with E-state index in [0.717, 1.165) is 12.0 Å². The van der Waals surface area contributed by atoms with Crippen LogP contribution in [0, 0.1) is 11.8 Å². The Balaban J connectivity index is 2.41. The molecule has 0 aromatic heterocycles. The van der Waals surface area contributed by atoms with Crippen LogP contribution in [0.2, 0.25) is 0 Å². The lowest BCUT2D eigenvalue weighted by atomic mass is 10.1. The maximum absolute atomic E-state index is 10.6. The number of carbonyl (C=O) groups is 1. The zero-order valence-electron chi connectivity index (χ0n) is 9.84. The third-order valence-corrected chi connectivity index (χ3v) is 2.22. The summed E-state index contributed by atoms with van der Waals surface area (Å²) in [6.45, 7) is 4.26. The predicted octanol–water partition coefficient (Wildman–Crippen LogP) is 2.13. The third kappa shape index (κ3) is 4.65. The highest BCUT2D eigenvalue weighted by molar-refractivity contribution is 5.72. The first-order chi connectivity index (χ1) is 7.72. The van der Waals surface area contributed by atoms with Crippen molar-refractivity contribution in [3.63, 3.8) is 0 Å². The van der Waals surface area contributed by atoms with Gasteiger partial charge in [0.1, 0.15) is 0 Å². The molecule has 0 saturated heterocycles. The molecule has 2 heteroatoms. The Morgan fingerprint density at radius 2 is 2.00 bits per heavy atom. The van der Waals surface area contributed by atoms with Crippen molar-refractivity contribution in [2.75, 3.05) is 6.54 Å². The van der Waals surface area contributed by atoms with Gasteiger partial charge in [0.25, 0.3) is 0 Å². The van der Waals surface area contributed by atoms with Gasteiger partial charge in [-0.05, 0) is 24.1 Å². The number of carbonyl (C=O) groups excluding carboxylic acids is 1. The Bertz CT molecular complexity index is 395. The number of rotatable bonds is 3. The molecule has 0 unspecified atom stereocenters. The van der Waals surface area contributed by atoms with Crippen LogP contribution in [-0.2, 0) is 11.2 Å². The van der Waals surface area contributed by atoms with E-state index in [2.05, 4.69) is 36.2 Å². The van der Waals surface area contributed by atoms with Crippen LogP contribution in [0.4, 0.5) is 0 Å². The first-order valence-electron chi connectivity index (χ1n) is 5.54. The van der Waals surface area contributed by atoms with Gasteiger partial charge in [0.15, 0.2) is 0 Å². The van der Waals surface area contributed by atoms with Crippen LogP contribution < -0.4 is 5.32 Å². The molecular formula is C14H17NO. The highest BCUT2D eigenvalue weighted by Crippen LogP contribution is 2.03. The standard InChI is InChI=1S/C14H17NO/c1-3-13-7-9-14(10-8-13)6-4-5-11-15-12(2)16/h7-10H,3,5,11H2,1-2H3,(H,15,16). The summed E-state index contributed by atoms with van der Waals surface area (Å²) in [6.07, 6.45) is 1.74. The summed E-state index contributed by atoms with van der Waals surface area (Å²) in [5, 5.41) is 2.71. The van der Waals surface area contributed by atoms with Crippen molar-refractivity contribution in [1.82, 2.24) is 5.32 Å². The van der Waals surface area contributed by atoms with Crippen LogP contribution >= 0.6 is 0 Å². The Morgan fingerprint density at radius 1 is 1.31 bits per heavy atom. The minimum absolute atomic E-state index is 0.00546. The normalized spacial score (nSPS) is 9.12. The monoisotopic (exact) mass is 215 g/mol. The molecule has 0 saturated carbocycles. The lowest BCUT2D eigenvalue weighted by Crippen LogP contribution is -2.20. The summed E-state index contributed by atoms with van der Waals surface area (Å²) in [7, 11) is 0. The number of hydrogen-bond donors (Lipinski definition) is 1. The van der Waals surface area contributed by atoms with Gasteiger partial charge in [0, 0.05) is 25.5 Å². The van der Waals surface area contributed by atoms with E-state index < -0.39 is 0 Å². The van der Waals surface area contributed by atoms with Gasteiger partial charge in [-0.1, -0.05) is 30.9 Å². The highest BCUT2D eigenvalue weighted by atomic mass is 16.1. The fourth-order valence-corrected chi connectivity index (χ4v) is 1.29. The Hall–Kier alpha value is -1.75. The lowest BCUT2D eigenvalue weighted by Gasteiger charge is -1.96. The number of aryl methyl sites for hydroxylation is 1. The zero-order valence-corrected chi connectivity index (χ0v) is 9.84. The van der Waals surface area contributed by atoms with Gasteiger partial charge in [-0.25, -0.2) is 0 Å². The maximum atomic E-state index is 10.6. The van der Waals surface area contributed by atoms with Gasteiger partial charge < -0.3 is 5.32 Å². The molecular weight excluding hydrogens is 198 g/mol. The Morgan fingerprint density at radius 3 is 2.56 bits per heavy atom. The summed E-state index contributed by atoms with van der Waals surface area (Å²) in [6, 6.07) is 8.25. The molecule has 0 fully saturated rings. The van der Waals surface area contributed by atoms with Gasteiger partial charge >= 0.3 is 0 Å². The molecule has 0 bridgehead atoms. The number of hydrogen-bond acceptors (Lipinski definition) is 1. The Labute approximate surface area is 97.1 Å². The lowest BCUT2D eigenvalue weighted by molar-refractivity contribution is -0.118. The summed E-state index contributed by atoms with van der Waals surface area (Å²) >= 11 is 0. The van der Waals surface area contributed by atoms with Crippen molar-refractivity contribution in [3.8, 4) is 11.8 Å². The summed E-state index contributed by atoms with van der Waals surface area (Å²) in [5.41, 5.74) is 2.35. The number of benzene rings is 1. The van der Waals surface area contributed by atoms with Crippen LogP contribution in [0.5, 0.6) is 0 Å². The van der Waals surface area contributed by atoms with E-state index >= 15 is 0 Å². The van der Waals surface area contributed by atoms with Gasteiger partial charge in [-0.3, -0.25) is 4.79 Å². The molecule has 1 aromatic carbocycles. The molecule has 0 radical (unpaired) electrons. The molecule has 1 N–H and O–H groups in total. The fourth-order valence-electron chi connectivity index (χ4n) is 1.29. The van der Waals surface area contributed by atoms with Gasteiger partial charge in [0.2, 0.25) is 5.91 Å². The largest absolute Gasteiger partial charge is 0.355 e. The average molecular weight is 215 g/mol. The van der Waals surface area contributed by atoms with Crippen LogP contribution in [0.3, 0.4) is 0 Å². The molecule has 1 rings (SSSR count). The minimum atomic E-state index is -0.00546. The second-order valence-corrected chi connectivity index (χ2v) is 3.59. The average Bonchev–Trinajstić information content (AvgIpc) is 2.29. The zero-order chi connectivity index (χ0) is 11.8. The second kappa shape index (κ2) is 6.68. The molecule has 0 atom stereocenters. The molecule has 0 aliphatic carbocycles. The molecule has 0 aliphatic heterocycles. The minimum Gasteiger partial charge on any atom is -0.355 e. The van der Waals surface area contributed by atoms with Crippen LogP contribution in [0.25, 0.3) is 0 Å². The quantitative estimate of drug-likeness (QED) is 0.607. The molecule has 0 spiro atoms. The van der Waals surface area contributed by atoms with E-state index in [9.17, 15) is 4.79 Å². The van der Waals surface area contributed by atoms with Crippen LogP contribution in [0.15, 0.2) is 24.3 Å². The molecule has 2 nitrogen and oxygen atoms in total. The fraction of sp³-hybridized carbons (Fsp3) is 0.357. The van der Waals surface area contributed by atoms with E-state index in [-0.39, 0.29) is 5.91 Å². The molecule has 1 amide bonds. The molecule has 0 aliphatic rings. The van der Waals surface area contributed by atoms with Crippen molar-refractivity contribution in [2.24, 2.45) is 0 Å². The maximum Gasteiger partial charge on any atom is 0.216 e. The van der Waals surface area contributed by atoms with Gasteiger partial charge in [-0.15, -0.1) is 0 Å². The number of nitrogens with one attached hydrogen (secondary N) is 1. The number of amides is 1. The summed E-state index contributed by atoms with van der Waals surface area (Å²) < 4.78 is 0. The van der Waals surface area contributed by atoms with Crippen LogP contribution in [-0.4, -0.2) is 12.5 Å². The Kier molecular flexibility index (Phi) is 5.15. The van der Waals surface area contributed by atoms with Crippen molar-refractivity contribution >= 4 is 5.91 Å². The molecule has 0 heterocycles. The summed E-state index contributed by atoms with van der Waals surface area (Å²) in [4.78, 5) is 10.6. The smallest absolute Gasteiger partial charge is 0.216 e. The van der Waals surface area contributed by atoms with Crippen molar-refractivity contribution in [3.05, 3.63) is 35.4 Å². The van der Waals surface area contributed by atoms with E-state index in [0.29, 0.717) is 13.0 Å². The predicted molar refractivity (Wildman–Crippen MR) is 66.0 cm³/mol. The highest BCUT2D eigenvalue weighted by Gasteiger charge is 1.89. The topological polar surface area (TPSA) is 29.1 Å². The second-order valence-electron chi connectivity index (χ2n) is 3.59. The van der Waals surface area contributed by atoms with Crippen molar-refractivity contribution < 1.29 is 4.79 Å². The molecule has 84 valence electrons. The SMILES string of the molecule is CCc1ccc(C#CCCNC(C)=O)cc1. The van der Waals surface area contributed by atoms with Gasteiger partial charge in [0.05, 0.1) is 0 Å². The first kappa shape index (κ1) is 12.3. The van der Waals surface area contributed by atoms with Gasteiger partial charge in [-0.2, -0.15) is 0 Å². The molecule has 16 heavy (non-hydrogen) atoms. The van der Waals surface area contributed by atoms with Crippen LogP contribution in [0.1, 0.15) is 31.4 Å². The van der Waals surface area contributed by atoms with Crippen molar-refractivity contribution in [2.45, 2.75) is 26.7 Å². The van der Waals surface area contributed by atoms with E-state index in [1.807, 2.05) is 12.1 Å². The third-order valence-electron chi connectivity index (χ3n) is 2.22. The molecule has 1 aromatic rings. The first-order valence-corrected chi connectivity index (χ1v) is 5.54. The van der Waals surface area contributed by atoms with E-state index in [1.165, 1.54) is 12.5 Å². The van der Waals surface area contributed by atoms with E-state index in [4.69, 9.17) is 0 Å². The van der Waals surface area contributed by atoms with E-state index in [1.54, 1.807) is 0 Å².